The van der Waals surface area contributed by atoms with Gasteiger partial charge in [0.05, 0.1) is 24.6 Å². The molecular weight excluding hydrogens is 264 g/mol. The van der Waals surface area contributed by atoms with Gasteiger partial charge in [-0.1, -0.05) is 0 Å². The molecule has 1 rings (SSSR count). The highest BCUT2D eigenvalue weighted by Crippen LogP contribution is 2.24. The first-order chi connectivity index (χ1) is 9.43. The summed E-state index contributed by atoms with van der Waals surface area (Å²) in [4.78, 5) is 21.5. The Bertz CT molecular complexity index is 488. The molecule has 20 heavy (non-hydrogen) atoms. The number of aliphatic hydroxyl groups excluding tert-OH is 1. The van der Waals surface area contributed by atoms with E-state index in [-0.39, 0.29) is 37.3 Å². The number of rotatable bonds is 7. The molecule has 7 heteroatoms. The Hall–Kier alpha value is -2.15. The average Bonchev–Trinajstić information content (AvgIpc) is 2.37. The van der Waals surface area contributed by atoms with E-state index in [1.54, 1.807) is 0 Å². The van der Waals surface area contributed by atoms with Gasteiger partial charge in [0.15, 0.2) is 0 Å². The smallest absolute Gasteiger partial charge is 0.270 e. The zero-order valence-electron chi connectivity index (χ0n) is 11.5. The van der Waals surface area contributed by atoms with Crippen LogP contribution >= 0.6 is 0 Å². The zero-order chi connectivity index (χ0) is 15.1. The van der Waals surface area contributed by atoms with E-state index in [0.29, 0.717) is 11.3 Å². The number of carbonyl (C=O) groups excluding carboxylic acids is 1. The molecule has 7 nitrogen and oxygen atoms in total. The molecule has 0 aliphatic carbocycles. The molecule has 0 atom stereocenters. The van der Waals surface area contributed by atoms with Crippen LogP contribution in [0.15, 0.2) is 18.2 Å². The Balaban J connectivity index is 2.60. The Kier molecular flexibility index (Phi) is 5.92. The number of carbonyl (C=O) groups is 1. The molecule has 0 aliphatic rings. The third-order valence-electron chi connectivity index (χ3n) is 2.46. The molecule has 0 bridgehead atoms. The molecule has 0 saturated heterocycles. The predicted molar refractivity (Wildman–Crippen MR) is 72.4 cm³/mol. The van der Waals surface area contributed by atoms with Crippen LogP contribution in [-0.4, -0.2) is 28.6 Å². The van der Waals surface area contributed by atoms with Gasteiger partial charge in [0, 0.05) is 23.7 Å². The van der Waals surface area contributed by atoms with E-state index in [9.17, 15) is 20.0 Å². The maximum Gasteiger partial charge on any atom is 0.270 e. The van der Waals surface area contributed by atoms with Crippen LogP contribution in [0.2, 0.25) is 0 Å². The molecule has 0 spiro atoms. The molecule has 0 radical (unpaired) electrons. The molecule has 1 aromatic carbocycles. The maximum atomic E-state index is 11.4. The number of benzene rings is 1. The Labute approximate surface area is 116 Å². The summed E-state index contributed by atoms with van der Waals surface area (Å²) in [5, 5.41) is 22.5. The van der Waals surface area contributed by atoms with Gasteiger partial charge in [0.1, 0.15) is 5.75 Å². The topological polar surface area (TPSA) is 102 Å². The van der Waals surface area contributed by atoms with E-state index in [1.165, 1.54) is 18.2 Å². The number of non-ortho nitro benzene ring substituents is 1. The summed E-state index contributed by atoms with van der Waals surface area (Å²) >= 11 is 0. The SMILES string of the molecule is CC(C)NC(=O)CCOc1ccc([N+](=O)[O-])cc1CO. The standard InChI is InChI=1S/C13H18N2O5/c1-9(2)14-13(17)5-6-20-12-4-3-11(15(18)19)7-10(12)8-16/h3-4,7,9,16H,5-6,8H2,1-2H3,(H,14,17). The van der Waals surface area contributed by atoms with E-state index in [0.717, 1.165) is 0 Å². The number of nitrogens with one attached hydrogen (secondary N) is 1. The highest BCUT2D eigenvalue weighted by Gasteiger charge is 2.11. The van der Waals surface area contributed by atoms with Crippen LogP contribution in [0.3, 0.4) is 0 Å². The highest BCUT2D eigenvalue weighted by atomic mass is 16.6. The Morgan fingerprint density at radius 1 is 1.50 bits per heavy atom. The number of amides is 1. The van der Waals surface area contributed by atoms with Gasteiger partial charge in [0.25, 0.3) is 5.69 Å². The summed E-state index contributed by atoms with van der Waals surface area (Å²) in [7, 11) is 0. The molecule has 1 aromatic rings. The number of ether oxygens (including phenoxy) is 1. The molecule has 2 N–H and O–H groups in total. The lowest BCUT2D eigenvalue weighted by Gasteiger charge is -2.11. The van der Waals surface area contributed by atoms with E-state index >= 15 is 0 Å². The number of nitro benzene ring substituents is 1. The van der Waals surface area contributed by atoms with Crippen molar-refractivity contribution < 1.29 is 19.6 Å². The summed E-state index contributed by atoms with van der Waals surface area (Å²) < 4.78 is 5.37. The van der Waals surface area contributed by atoms with Crippen LogP contribution < -0.4 is 10.1 Å². The summed E-state index contributed by atoms with van der Waals surface area (Å²) in [5.41, 5.74) is 0.211. The van der Waals surface area contributed by atoms with Gasteiger partial charge < -0.3 is 15.2 Å². The lowest BCUT2D eigenvalue weighted by atomic mass is 10.2. The van der Waals surface area contributed by atoms with Crippen molar-refractivity contribution in [3.63, 3.8) is 0 Å². The maximum absolute atomic E-state index is 11.4. The van der Waals surface area contributed by atoms with E-state index in [4.69, 9.17) is 4.74 Å². The van der Waals surface area contributed by atoms with Crippen molar-refractivity contribution in [2.75, 3.05) is 6.61 Å². The number of nitro groups is 1. The average molecular weight is 282 g/mol. The minimum atomic E-state index is -0.543. The summed E-state index contributed by atoms with van der Waals surface area (Å²) in [6.45, 7) is 3.50. The first-order valence-electron chi connectivity index (χ1n) is 6.24. The third kappa shape index (κ3) is 4.85. The van der Waals surface area contributed by atoms with Crippen molar-refractivity contribution in [2.24, 2.45) is 0 Å². The van der Waals surface area contributed by atoms with E-state index in [2.05, 4.69) is 5.32 Å². The van der Waals surface area contributed by atoms with Crippen molar-refractivity contribution in [2.45, 2.75) is 32.9 Å². The monoisotopic (exact) mass is 282 g/mol. The molecule has 0 heterocycles. The number of nitrogens with zero attached hydrogens (tertiary/aromatic N) is 1. The van der Waals surface area contributed by atoms with Crippen LogP contribution in [0.5, 0.6) is 5.75 Å². The van der Waals surface area contributed by atoms with Crippen LogP contribution in [0.1, 0.15) is 25.8 Å². The quantitative estimate of drug-likeness (QED) is 0.581. The number of hydrogen-bond donors (Lipinski definition) is 2. The Morgan fingerprint density at radius 3 is 2.75 bits per heavy atom. The Morgan fingerprint density at radius 2 is 2.20 bits per heavy atom. The lowest BCUT2D eigenvalue weighted by molar-refractivity contribution is -0.385. The van der Waals surface area contributed by atoms with Gasteiger partial charge in [-0.15, -0.1) is 0 Å². The van der Waals surface area contributed by atoms with Gasteiger partial charge in [-0.3, -0.25) is 14.9 Å². The molecule has 1 amide bonds. The van der Waals surface area contributed by atoms with Crippen molar-refractivity contribution in [3.8, 4) is 5.75 Å². The second-order valence-corrected chi connectivity index (χ2v) is 4.53. The molecule has 0 aliphatic heterocycles. The molecule has 0 unspecified atom stereocenters. The molecule has 110 valence electrons. The largest absolute Gasteiger partial charge is 0.493 e. The van der Waals surface area contributed by atoms with Crippen molar-refractivity contribution in [1.82, 2.24) is 5.32 Å². The second kappa shape index (κ2) is 7.44. The van der Waals surface area contributed by atoms with Crippen LogP contribution in [0.25, 0.3) is 0 Å². The molecule has 0 saturated carbocycles. The minimum absolute atomic E-state index is 0.0647. The fraction of sp³-hybridized carbons (Fsp3) is 0.462. The van der Waals surface area contributed by atoms with Gasteiger partial charge in [0.2, 0.25) is 5.91 Å². The molecule has 0 aromatic heterocycles. The number of aliphatic hydroxyl groups is 1. The van der Waals surface area contributed by atoms with Crippen LogP contribution in [0, 0.1) is 10.1 Å². The second-order valence-electron chi connectivity index (χ2n) is 4.53. The zero-order valence-corrected chi connectivity index (χ0v) is 11.5. The highest BCUT2D eigenvalue weighted by molar-refractivity contribution is 5.76. The fourth-order valence-corrected chi connectivity index (χ4v) is 1.59. The van der Waals surface area contributed by atoms with Gasteiger partial charge in [-0.25, -0.2) is 0 Å². The molecular formula is C13H18N2O5. The summed E-state index contributed by atoms with van der Waals surface area (Å²) in [5.74, 6) is 0.211. The van der Waals surface area contributed by atoms with Crippen molar-refractivity contribution >= 4 is 11.6 Å². The predicted octanol–water partition coefficient (Wildman–Crippen LogP) is 1.38. The van der Waals surface area contributed by atoms with Crippen molar-refractivity contribution in [3.05, 3.63) is 33.9 Å². The third-order valence-corrected chi connectivity index (χ3v) is 2.46. The van der Waals surface area contributed by atoms with Crippen LogP contribution in [-0.2, 0) is 11.4 Å². The normalized spacial score (nSPS) is 10.4. The lowest BCUT2D eigenvalue weighted by Crippen LogP contribution is -2.31. The van der Waals surface area contributed by atoms with E-state index < -0.39 is 4.92 Å². The van der Waals surface area contributed by atoms with Gasteiger partial charge >= 0.3 is 0 Å². The van der Waals surface area contributed by atoms with Crippen LogP contribution in [0.4, 0.5) is 5.69 Å². The minimum Gasteiger partial charge on any atom is -0.493 e. The van der Waals surface area contributed by atoms with E-state index in [1.807, 2.05) is 13.8 Å². The first-order valence-corrected chi connectivity index (χ1v) is 6.24. The first kappa shape index (κ1) is 15.9. The summed E-state index contributed by atoms with van der Waals surface area (Å²) in [6, 6.07) is 4.03. The fourth-order valence-electron chi connectivity index (χ4n) is 1.59. The van der Waals surface area contributed by atoms with Gasteiger partial charge in [-0.05, 0) is 19.9 Å². The summed E-state index contributed by atoms with van der Waals surface area (Å²) in [6.07, 6.45) is 0.181. The number of hydrogen-bond acceptors (Lipinski definition) is 5. The van der Waals surface area contributed by atoms with Gasteiger partial charge in [-0.2, -0.15) is 0 Å². The molecule has 0 fully saturated rings. The van der Waals surface area contributed by atoms with Crippen molar-refractivity contribution in [1.29, 1.82) is 0 Å².